The summed E-state index contributed by atoms with van der Waals surface area (Å²) in [5.74, 6) is 0. The third-order valence-corrected chi connectivity index (χ3v) is 1.05. The van der Waals surface area contributed by atoms with Crippen LogP contribution in [0, 0.1) is 0 Å². The van der Waals surface area contributed by atoms with Gasteiger partial charge in [0.05, 0.1) is 0 Å². The predicted octanol–water partition coefficient (Wildman–Crippen LogP) is -1.64. The second kappa shape index (κ2) is 6.87. The third-order valence-electron chi connectivity index (χ3n) is 0.116. The predicted molar refractivity (Wildman–Crippen MR) is 31.2 cm³/mol. The average Bonchev–Trinajstić information content (AvgIpc) is 1.27. The summed E-state index contributed by atoms with van der Waals surface area (Å²) in [5, 5.41) is 0. The standard InChI is InChI=1S/Ba.H2O5S2.2H/c;1-6(2)5-7(3)4;;/h;(H,1,2)(H,3,4);;. The van der Waals surface area contributed by atoms with Gasteiger partial charge in [0, 0.05) is 0 Å². The van der Waals surface area contributed by atoms with Crippen LogP contribution < -0.4 is 0 Å². The Labute approximate surface area is 91.2 Å². The van der Waals surface area contributed by atoms with E-state index in [1.54, 1.807) is 0 Å². The van der Waals surface area contributed by atoms with E-state index in [1.165, 1.54) is 0 Å². The minimum atomic E-state index is -2.65. The molecule has 0 bridgehead atoms. The van der Waals surface area contributed by atoms with Gasteiger partial charge in [-0.1, -0.05) is 0 Å². The topological polar surface area (TPSA) is 83.8 Å². The molecule has 0 unspecified atom stereocenters. The van der Waals surface area contributed by atoms with E-state index >= 15 is 0 Å². The van der Waals surface area contributed by atoms with Gasteiger partial charge in [-0.15, -0.1) is 3.63 Å². The van der Waals surface area contributed by atoms with Gasteiger partial charge < -0.3 is 0 Å². The summed E-state index contributed by atoms with van der Waals surface area (Å²) in [7, 11) is 0. The fourth-order valence-corrected chi connectivity index (χ4v) is 0.448. The Morgan fingerprint density at radius 3 is 1.38 bits per heavy atom. The second-order valence-electron chi connectivity index (χ2n) is 0.502. The van der Waals surface area contributed by atoms with Crippen molar-refractivity contribution in [2.24, 2.45) is 0 Å². The molecular weight excluding hydrogens is 281 g/mol. The Hall–Kier alpha value is 1.75. The van der Waals surface area contributed by atoms with Crippen LogP contribution in [0.1, 0.15) is 0 Å². The molecule has 0 heterocycles. The van der Waals surface area contributed by atoms with Crippen LogP contribution in [0.5, 0.6) is 0 Å². The van der Waals surface area contributed by atoms with Crippen molar-refractivity contribution in [3.63, 3.8) is 0 Å². The zero-order valence-corrected chi connectivity index (χ0v) is 4.57. The van der Waals surface area contributed by atoms with Crippen molar-refractivity contribution < 1.29 is 21.2 Å². The van der Waals surface area contributed by atoms with Crippen LogP contribution >= 0.6 is 0 Å². The molecule has 0 atom stereocenters. The number of rotatable bonds is 2. The first-order chi connectivity index (χ1) is 3.13. The second-order valence-corrected chi connectivity index (χ2v) is 1.92. The molecule has 0 aromatic heterocycles. The van der Waals surface area contributed by atoms with Gasteiger partial charge in [0.1, 0.15) is 0 Å². The van der Waals surface area contributed by atoms with E-state index in [0.717, 1.165) is 0 Å². The average molecular weight is 285 g/mol. The van der Waals surface area contributed by atoms with E-state index in [4.69, 9.17) is 9.11 Å². The van der Waals surface area contributed by atoms with E-state index in [-0.39, 0.29) is 48.9 Å². The summed E-state index contributed by atoms with van der Waals surface area (Å²) in [5.41, 5.74) is 0. The van der Waals surface area contributed by atoms with Gasteiger partial charge >= 0.3 is 71.6 Å². The molecule has 0 spiro atoms. The molecule has 48 valence electrons. The molecule has 0 rings (SSSR count). The van der Waals surface area contributed by atoms with E-state index in [2.05, 4.69) is 3.63 Å². The fourth-order valence-electron chi connectivity index (χ4n) is 0.0498. The van der Waals surface area contributed by atoms with Gasteiger partial charge in [-0.3, -0.25) is 9.11 Å². The van der Waals surface area contributed by atoms with Gasteiger partial charge in [0.2, 0.25) is 0 Å². The first-order valence-corrected chi connectivity index (χ1v) is 3.10. The third kappa shape index (κ3) is 10.7. The molecule has 0 amide bonds. The van der Waals surface area contributed by atoms with Gasteiger partial charge in [-0.25, -0.2) is 0 Å². The molecule has 8 heteroatoms. The molecule has 0 saturated carbocycles. The molecule has 0 aliphatic heterocycles. The maximum absolute atomic E-state index is 9.35. The molecule has 0 radical (unpaired) electrons. The first-order valence-electron chi connectivity index (χ1n) is 1.03. The minimum absolute atomic E-state index is 0. The van der Waals surface area contributed by atoms with Crippen LogP contribution in [0.2, 0.25) is 0 Å². The summed E-state index contributed by atoms with van der Waals surface area (Å²) >= 11 is -5.29. The van der Waals surface area contributed by atoms with Crippen LogP contribution in [0.4, 0.5) is 0 Å². The monoisotopic (exact) mass is 286 g/mol. The van der Waals surface area contributed by atoms with E-state index in [0.29, 0.717) is 0 Å². The molecule has 5 nitrogen and oxygen atoms in total. The fraction of sp³-hybridized carbons (Fsp3) is 0. The Balaban J connectivity index is 0. The summed E-state index contributed by atoms with van der Waals surface area (Å²) < 4.78 is 37.2. The van der Waals surface area contributed by atoms with Crippen LogP contribution in [0.25, 0.3) is 0 Å². The molecular formula is H4BaO5S2. The normalized spacial score (nSPS) is 16.2. The molecule has 0 saturated heterocycles. The Bertz CT molecular complexity index is 86.6. The van der Waals surface area contributed by atoms with E-state index in [9.17, 15) is 8.42 Å². The Kier molecular flexibility index (Phi) is 10.7. The van der Waals surface area contributed by atoms with Crippen LogP contribution in [0.3, 0.4) is 0 Å². The zero-order chi connectivity index (χ0) is 5.86. The molecule has 8 heavy (non-hydrogen) atoms. The number of hydrogen-bond donors (Lipinski definition) is 2. The van der Waals surface area contributed by atoms with Crippen molar-refractivity contribution in [2.75, 3.05) is 0 Å². The SMILES string of the molecule is O=S(O)OS(=O)O.[BaH2]. The maximum atomic E-state index is 9.35. The van der Waals surface area contributed by atoms with Crippen molar-refractivity contribution in [3.8, 4) is 0 Å². The van der Waals surface area contributed by atoms with Crippen LogP contribution in [0.15, 0.2) is 0 Å². The summed E-state index contributed by atoms with van der Waals surface area (Å²) in [6.07, 6.45) is 0. The van der Waals surface area contributed by atoms with Gasteiger partial charge in [0.15, 0.2) is 0 Å². The molecule has 0 aromatic carbocycles. The summed E-state index contributed by atoms with van der Waals surface area (Å²) in [6, 6.07) is 0. The molecule has 0 aliphatic rings. The molecule has 0 aromatic rings. The van der Waals surface area contributed by atoms with Crippen molar-refractivity contribution in [3.05, 3.63) is 0 Å². The zero-order valence-electron chi connectivity index (χ0n) is 2.94. The Morgan fingerprint density at radius 2 is 1.38 bits per heavy atom. The van der Waals surface area contributed by atoms with Crippen molar-refractivity contribution in [1.82, 2.24) is 0 Å². The number of hydrogen-bond acceptors (Lipinski definition) is 3. The van der Waals surface area contributed by atoms with Gasteiger partial charge in [0.25, 0.3) is 0 Å². The summed E-state index contributed by atoms with van der Waals surface area (Å²) in [4.78, 5) is 0. The van der Waals surface area contributed by atoms with Crippen molar-refractivity contribution in [1.29, 1.82) is 0 Å². The van der Waals surface area contributed by atoms with Crippen LogP contribution in [-0.2, 0) is 26.4 Å². The molecule has 2 N–H and O–H groups in total. The van der Waals surface area contributed by atoms with E-state index in [1.807, 2.05) is 0 Å². The quantitative estimate of drug-likeness (QED) is 0.470. The van der Waals surface area contributed by atoms with Gasteiger partial charge in [-0.2, -0.15) is 8.42 Å². The van der Waals surface area contributed by atoms with E-state index < -0.39 is 22.7 Å². The summed E-state index contributed by atoms with van der Waals surface area (Å²) in [6.45, 7) is 0. The molecule has 0 aliphatic carbocycles. The van der Waals surface area contributed by atoms with Crippen LogP contribution in [-0.4, -0.2) is 66.4 Å². The van der Waals surface area contributed by atoms with Crippen molar-refractivity contribution in [2.45, 2.75) is 0 Å². The Morgan fingerprint density at radius 1 is 1.12 bits per heavy atom. The van der Waals surface area contributed by atoms with Gasteiger partial charge in [-0.05, 0) is 0 Å². The first kappa shape index (κ1) is 12.4. The molecule has 0 fully saturated rings. The van der Waals surface area contributed by atoms with Crippen molar-refractivity contribution >= 4 is 71.6 Å².